The first-order valence-electron chi connectivity index (χ1n) is 8.36. The van der Waals surface area contributed by atoms with Crippen LogP contribution >= 0.6 is 11.6 Å². The number of para-hydroxylation sites is 2. The lowest BCUT2D eigenvalue weighted by molar-refractivity contribution is 0.0537. The summed E-state index contributed by atoms with van der Waals surface area (Å²) in [6.45, 7) is 2.14. The highest BCUT2D eigenvalue weighted by molar-refractivity contribution is 6.17. The second-order valence-electron chi connectivity index (χ2n) is 5.34. The van der Waals surface area contributed by atoms with Gasteiger partial charge < -0.3 is 4.74 Å². The number of aromatic nitrogens is 2. The molecule has 0 radical (unpaired) electrons. The lowest BCUT2D eigenvalue weighted by Gasteiger charge is -2.19. The summed E-state index contributed by atoms with van der Waals surface area (Å²) in [4.78, 5) is 25.2. The minimum atomic E-state index is -2.78. The Hall–Kier alpha value is -1.75. The van der Waals surface area contributed by atoms with Crippen molar-refractivity contribution in [1.82, 2.24) is 9.13 Å². The highest BCUT2D eigenvalue weighted by Crippen LogP contribution is 2.16. The summed E-state index contributed by atoms with van der Waals surface area (Å²) in [6.07, 6.45) is -3.50. The third kappa shape index (κ3) is 3.29. The number of carbonyl (C=O) groups excluding carboxylic acids is 1. The van der Waals surface area contributed by atoms with Crippen LogP contribution in [0.3, 0.4) is 0 Å². The zero-order chi connectivity index (χ0) is 19.2. The Balaban J connectivity index is 2.79. The normalized spacial score (nSPS) is 16.0. The average molecular weight is 315 g/mol. The van der Waals surface area contributed by atoms with E-state index in [1.54, 1.807) is 32.9 Å². The molecule has 2 rings (SSSR count). The molecule has 0 unspecified atom stereocenters. The fourth-order valence-corrected chi connectivity index (χ4v) is 1.91. The molecule has 0 aliphatic rings. The van der Waals surface area contributed by atoms with Gasteiger partial charge in [-0.1, -0.05) is 12.1 Å². The van der Waals surface area contributed by atoms with Gasteiger partial charge in [0.25, 0.3) is 0 Å². The van der Waals surface area contributed by atoms with Gasteiger partial charge in [-0.15, -0.1) is 11.6 Å². The summed E-state index contributed by atoms with van der Waals surface area (Å²) in [5, 5.41) is 0. The van der Waals surface area contributed by atoms with Crippen molar-refractivity contribution in [3.8, 4) is 0 Å². The van der Waals surface area contributed by atoms with E-state index in [-0.39, 0.29) is 11.0 Å². The Morgan fingerprint density at radius 3 is 2.52 bits per heavy atom. The third-order valence-electron chi connectivity index (χ3n) is 2.58. The van der Waals surface area contributed by atoms with Crippen LogP contribution < -0.4 is 5.69 Å². The summed E-state index contributed by atoms with van der Waals surface area (Å²) in [5.74, 6) is -0.668. The number of hydrogen-bond donors (Lipinski definition) is 0. The van der Waals surface area contributed by atoms with Crippen LogP contribution in [0.1, 0.15) is 32.6 Å². The largest absolute Gasteiger partial charge is 0.443 e. The molecule has 1 heterocycles. The molecule has 0 aliphatic heterocycles. The lowest BCUT2D eigenvalue weighted by Crippen LogP contribution is -2.34. The molecule has 0 saturated heterocycles. The molecule has 0 saturated carbocycles. The first-order chi connectivity index (χ1) is 11.3. The van der Waals surface area contributed by atoms with Gasteiger partial charge in [0, 0.05) is 17.9 Å². The fraction of sp³-hybridized carbons (Fsp3) is 0.467. The van der Waals surface area contributed by atoms with E-state index < -0.39 is 36.1 Å². The van der Waals surface area contributed by atoms with Gasteiger partial charge in [-0.25, -0.2) is 9.59 Å². The van der Waals surface area contributed by atoms with Crippen molar-refractivity contribution in [2.45, 2.75) is 39.2 Å². The Kier molecular flexibility index (Phi) is 3.08. The maximum absolute atomic E-state index is 12.8. The van der Waals surface area contributed by atoms with E-state index in [0.717, 1.165) is 0 Å². The number of benzene rings is 1. The second-order valence-corrected chi connectivity index (χ2v) is 5.61. The van der Waals surface area contributed by atoms with Gasteiger partial charge in [-0.3, -0.25) is 4.57 Å². The molecular weight excluding hydrogens is 292 g/mol. The second kappa shape index (κ2) is 5.93. The number of hydrogen-bond acceptors (Lipinski definition) is 3. The quantitative estimate of drug-likeness (QED) is 0.817. The van der Waals surface area contributed by atoms with E-state index in [0.29, 0.717) is 9.13 Å². The number of halogens is 1. The Labute approximate surface area is 133 Å². The van der Waals surface area contributed by atoms with Crippen molar-refractivity contribution in [1.29, 1.82) is 0 Å². The number of rotatable bonds is 3. The van der Waals surface area contributed by atoms with Crippen LogP contribution in [-0.4, -0.2) is 26.7 Å². The summed E-state index contributed by atoms with van der Waals surface area (Å²) < 4.78 is 38.4. The van der Waals surface area contributed by atoms with Crippen molar-refractivity contribution < 1.29 is 15.0 Å². The van der Waals surface area contributed by atoms with Gasteiger partial charge in [0.1, 0.15) is 5.60 Å². The van der Waals surface area contributed by atoms with Crippen LogP contribution in [0.15, 0.2) is 29.1 Å². The van der Waals surface area contributed by atoms with Gasteiger partial charge in [-0.2, -0.15) is 4.57 Å². The smallest absolute Gasteiger partial charge is 0.423 e. The molecule has 21 heavy (non-hydrogen) atoms. The molecule has 1 aromatic heterocycles. The maximum Gasteiger partial charge on any atom is 0.423 e. The summed E-state index contributed by atoms with van der Waals surface area (Å²) in [6, 6.07) is 6.03. The predicted molar refractivity (Wildman–Crippen MR) is 83.2 cm³/mol. The minimum Gasteiger partial charge on any atom is -0.443 e. The molecule has 2 aromatic rings. The lowest BCUT2D eigenvalue weighted by atomic mass is 10.2. The molecule has 1 aromatic carbocycles. The molecular formula is C15H19ClN2O3. The molecule has 0 spiro atoms. The molecule has 114 valence electrons. The van der Waals surface area contributed by atoms with E-state index in [9.17, 15) is 9.59 Å². The van der Waals surface area contributed by atoms with E-state index in [2.05, 4.69) is 0 Å². The number of alkyl halides is 1. The number of ether oxygens (including phenoxy) is 1. The molecule has 0 atom stereocenters. The first-order valence-corrected chi connectivity index (χ1v) is 6.89. The molecule has 0 amide bonds. The fourth-order valence-electron chi connectivity index (χ4n) is 1.85. The van der Waals surface area contributed by atoms with Crippen LogP contribution in [0.4, 0.5) is 4.79 Å². The standard InChI is InChI=1S/C15H19ClN2O3/c1-15(2,3)21-14(20)18-12-8-5-4-7-11(12)17(13(18)19)10-6-9-16/h4-5,7-8H,6,9-10H2,1-3H3/i6D2,10D2. The maximum atomic E-state index is 12.8. The Morgan fingerprint density at radius 1 is 1.33 bits per heavy atom. The van der Waals surface area contributed by atoms with Crippen molar-refractivity contribution in [3.63, 3.8) is 0 Å². The summed E-state index contributed by atoms with van der Waals surface area (Å²) >= 11 is 5.56. The van der Waals surface area contributed by atoms with Crippen molar-refractivity contribution in [2.24, 2.45) is 0 Å². The van der Waals surface area contributed by atoms with Crippen LogP contribution in [0.25, 0.3) is 11.0 Å². The van der Waals surface area contributed by atoms with Crippen LogP contribution in [0.5, 0.6) is 0 Å². The van der Waals surface area contributed by atoms with Gasteiger partial charge in [0.05, 0.1) is 11.0 Å². The predicted octanol–water partition coefficient (Wildman–Crippen LogP) is 3.22. The first kappa shape index (κ1) is 10.9. The molecule has 5 nitrogen and oxygen atoms in total. The van der Waals surface area contributed by atoms with Gasteiger partial charge in [0.2, 0.25) is 0 Å². The molecule has 0 fully saturated rings. The topological polar surface area (TPSA) is 53.2 Å². The molecule has 0 bridgehead atoms. The Bertz CT molecular complexity index is 868. The van der Waals surface area contributed by atoms with Gasteiger partial charge in [0.15, 0.2) is 0 Å². The zero-order valence-electron chi connectivity index (χ0n) is 16.0. The van der Waals surface area contributed by atoms with Crippen molar-refractivity contribution in [2.75, 3.05) is 5.88 Å². The minimum absolute atomic E-state index is 0.0670. The molecule has 0 aliphatic carbocycles. The highest BCUT2D eigenvalue weighted by Gasteiger charge is 2.23. The van der Waals surface area contributed by atoms with E-state index in [4.69, 9.17) is 21.8 Å². The third-order valence-corrected chi connectivity index (χ3v) is 2.71. The molecule has 0 N–H and O–H groups in total. The van der Waals surface area contributed by atoms with E-state index >= 15 is 0 Å². The van der Waals surface area contributed by atoms with Crippen LogP contribution in [0.2, 0.25) is 0 Å². The SMILES string of the molecule is [2H]C([2H])(CCl)C([2H])([2H])n1c(=O)n(C(=O)OC(C)(C)C)c2ccccc21. The van der Waals surface area contributed by atoms with Crippen LogP contribution in [-0.2, 0) is 11.2 Å². The number of nitrogens with zero attached hydrogens (tertiary/aromatic N) is 2. The molecule has 6 heteroatoms. The van der Waals surface area contributed by atoms with Crippen molar-refractivity contribution in [3.05, 3.63) is 34.7 Å². The van der Waals surface area contributed by atoms with E-state index in [1.807, 2.05) is 0 Å². The van der Waals surface area contributed by atoms with Gasteiger partial charge >= 0.3 is 11.8 Å². The van der Waals surface area contributed by atoms with Crippen LogP contribution in [0, 0.1) is 0 Å². The number of imidazole rings is 1. The van der Waals surface area contributed by atoms with Crippen molar-refractivity contribution >= 4 is 28.7 Å². The number of carbonyl (C=O) groups is 1. The summed E-state index contributed by atoms with van der Waals surface area (Å²) in [7, 11) is 0. The van der Waals surface area contributed by atoms with E-state index in [1.165, 1.54) is 12.1 Å². The summed E-state index contributed by atoms with van der Waals surface area (Å²) in [5.41, 5.74) is -1.70. The van der Waals surface area contributed by atoms with Gasteiger partial charge in [-0.05, 0) is 39.3 Å². The Morgan fingerprint density at radius 2 is 1.95 bits per heavy atom. The number of aryl methyl sites for hydroxylation is 1. The monoisotopic (exact) mass is 314 g/mol. The number of fused-ring (bicyclic) bond motifs is 1. The zero-order valence-corrected chi connectivity index (χ0v) is 12.8. The highest BCUT2D eigenvalue weighted by atomic mass is 35.5. The average Bonchev–Trinajstić information content (AvgIpc) is 2.77.